The summed E-state index contributed by atoms with van der Waals surface area (Å²) in [6, 6.07) is 24.5. The number of hydrogen-bond acceptors (Lipinski definition) is 6. The molecule has 1 amide bonds. The van der Waals surface area contributed by atoms with Crippen molar-refractivity contribution in [2.45, 2.75) is 45.6 Å². The Morgan fingerprint density at radius 2 is 1.57 bits per heavy atom. The van der Waals surface area contributed by atoms with Crippen LogP contribution in [-0.4, -0.2) is 18.6 Å². The first-order valence-electron chi connectivity index (χ1n) is 13.7. The van der Waals surface area contributed by atoms with Crippen LogP contribution < -0.4 is 15.7 Å². The molecule has 0 atom stereocenters. The summed E-state index contributed by atoms with van der Waals surface area (Å²) in [4.78, 5) is 37.7. The van der Waals surface area contributed by atoms with Gasteiger partial charge in [-0.15, -0.1) is 0 Å². The van der Waals surface area contributed by atoms with Crippen molar-refractivity contribution < 1.29 is 23.5 Å². The number of nitrogens with one attached hydrogen (secondary N) is 1. The summed E-state index contributed by atoms with van der Waals surface area (Å²) in [5.74, 6) is 0.156. The summed E-state index contributed by atoms with van der Waals surface area (Å²) in [6.07, 6.45) is 3.07. The van der Waals surface area contributed by atoms with Gasteiger partial charge in [0, 0.05) is 30.0 Å². The Hall–Kier alpha value is -4.39. The van der Waals surface area contributed by atoms with Crippen LogP contribution in [0.3, 0.4) is 0 Å². The third kappa shape index (κ3) is 6.78. The van der Waals surface area contributed by atoms with Gasteiger partial charge < -0.3 is 19.2 Å². The number of carbonyl (C=O) groups is 2. The van der Waals surface area contributed by atoms with E-state index in [9.17, 15) is 14.4 Å². The largest absolute Gasteiger partial charge is 0.445 e. The maximum atomic E-state index is 12.9. The van der Waals surface area contributed by atoms with Crippen LogP contribution in [-0.2, 0) is 22.6 Å². The van der Waals surface area contributed by atoms with E-state index >= 15 is 0 Å². The second-order valence-corrected chi connectivity index (χ2v) is 10.4. The Kier molecular flexibility index (Phi) is 8.59. The van der Waals surface area contributed by atoms with E-state index in [1.165, 1.54) is 0 Å². The number of amides is 1. The van der Waals surface area contributed by atoms with Gasteiger partial charge in [0.25, 0.3) is 0 Å². The van der Waals surface area contributed by atoms with Crippen molar-refractivity contribution in [3.63, 3.8) is 0 Å². The van der Waals surface area contributed by atoms with E-state index in [1.54, 1.807) is 12.1 Å². The Labute approximate surface area is 233 Å². The normalized spacial score (nSPS) is 16.8. The molecule has 0 aliphatic heterocycles. The maximum Gasteiger partial charge on any atom is 0.407 e. The number of benzene rings is 3. The SMILES string of the molecule is Cc1c(Cc2ccccc2)c(=O)oc2cc(OC(=O)C3CCC(CNC(=O)OCc4ccccc4)CC3)ccc12. The van der Waals surface area contributed by atoms with E-state index < -0.39 is 6.09 Å². The van der Waals surface area contributed by atoms with E-state index in [-0.39, 0.29) is 30.0 Å². The summed E-state index contributed by atoms with van der Waals surface area (Å²) >= 11 is 0. The molecule has 206 valence electrons. The summed E-state index contributed by atoms with van der Waals surface area (Å²) in [5, 5.41) is 3.66. The quantitative estimate of drug-likeness (QED) is 0.160. The molecule has 1 heterocycles. The minimum atomic E-state index is -0.434. The van der Waals surface area contributed by atoms with Gasteiger partial charge in [-0.25, -0.2) is 9.59 Å². The average Bonchev–Trinajstić information content (AvgIpc) is 2.98. The van der Waals surface area contributed by atoms with Crippen LogP contribution in [0.15, 0.2) is 88.1 Å². The molecular weight excluding hydrogens is 506 g/mol. The lowest BCUT2D eigenvalue weighted by molar-refractivity contribution is -0.140. The van der Waals surface area contributed by atoms with Crippen LogP contribution in [0.1, 0.15) is 47.9 Å². The highest BCUT2D eigenvalue weighted by molar-refractivity contribution is 5.84. The Balaban J connectivity index is 1.12. The van der Waals surface area contributed by atoms with Crippen molar-refractivity contribution >= 4 is 23.0 Å². The molecule has 0 unspecified atom stereocenters. The molecule has 7 nitrogen and oxygen atoms in total. The lowest BCUT2D eigenvalue weighted by atomic mass is 9.82. The van der Waals surface area contributed by atoms with E-state index in [1.807, 2.05) is 73.7 Å². The first kappa shape index (κ1) is 27.2. The van der Waals surface area contributed by atoms with E-state index in [2.05, 4.69) is 5.32 Å². The number of aryl methyl sites for hydroxylation is 1. The minimum absolute atomic E-state index is 0.209. The third-order valence-corrected chi connectivity index (χ3v) is 7.63. The predicted molar refractivity (Wildman–Crippen MR) is 152 cm³/mol. The zero-order chi connectivity index (χ0) is 27.9. The van der Waals surface area contributed by atoms with Crippen molar-refractivity contribution in [2.24, 2.45) is 11.8 Å². The second kappa shape index (κ2) is 12.6. The molecule has 1 saturated carbocycles. The zero-order valence-corrected chi connectivity index (χ0v) is 22.6. The van der Waals surface area contributed by atoms with Crippen LogP contribution in [0.5, 0.6) is 5.75 Å². The molecule has 0 spiro atoms. The van der Waals surface area contributed by atoms with Gasteiger partial charge in [-0.3, -0.25) is 4.79 Å². The molecule has 5 rings (SSSR count). The fourth-order valence-corrected chi connectivity index (χ4v) is 5.25. The van der Waals surface area contributed by atoms with Crippen LogP contribution in [0, 0.1) is 18.8 Å². The molecule has 3 aromatic carbocycles. The Morgan fingerprint density at radius 3 is 2.27 bits per heavy atom. The van der Waals surface area contributed by atoms with Gasteiger partial charge in [-0.1, -0.05) is 60.7 Å². The van der Waals surface area contributed by atoms with Crippen LogP contribution in [0.2, 0.25) is 0 Å². The Morgan fingerprint density at radius 1 is 0.900 bits per heavy atom. The first-order valence-corrected chi connectivity index (χ1v) is 13.7. The number of hydrogen-bond donors (Lipinski definition) is 1. The fourth-order valence-electron chi connectivity index (χ4n) is 5.25. The monoisotopic (exact) mass is 539 g/mol. The van der Waals surface area contributed by atoms with Crippen molar-refractivity contribution in [3.05, 3.63) is 112 Å². The number of alkyl carbamates (subject to hydrolysis) is 1. The van der Waals surface area contributed by atoms with Gasteiger partial charge in [0.2, 0.25) is 0 Å². The molecular formula is C33H33NO6. The summed E-state index contributed by atoms with van der Waals surface area (Å²) < 4.78 is 16.6. The summed E-state index contributed by atoms with van der Waals surface area (Å²) in [7, 11) is 0. The molecule has 1 aliphatic rings. The maximum absolute atomic E-state index is 12.9. The highest BCUT2D eigenvalue weighted by Gasteiger charge is 2.28. The molecule has 7 heteroatoms. The smallest absolute Gasteiger partial charge is 0.407 e. The van der Waals surface area contributed by atoms with Crippen molar-refractivity contribution in [2.75, 3.05) is 6.54 Å². The van der Waals surface area contributed by atoms with Gasteiger partial charge in [-0.2, -0.15) is 0 Å². The average molecular weight is 540 g/mol. The van der Waals surface area contributed by atoms with E-state index in [0.29, 0.717) is 42.7 Å². The third-order valence-electron chi connectivity index (χ3n) is 7.63. The summed E-state index contributed by atoms with van der Waals surface area (Å²) in [6.45, 7) is 2.67. The second-order valence-electron chi connectivity index (χ2n) is 10.4. The number of fused-ring (bicyclic) bond motifs is 1. The predicted octanol–water partition coefficient (Wildman–Crippen LogP) is 6.33. The van der Waals surface area contributed by atoms with Gasteiger partial charge in [0.1, 0.15) is 17.9 Å². The van der Waals surface area contributed by atoms with Crippen molar-refractivity contribution in [1.29, 1.82) is 0 Å². The first-order chi connectivity index (χ1) is 19.5. The van der Waals surface area contributed by atoms with Gasteiger partial charge >= 0.3 is 17.7 Å². The van der Waals surface area contributed by atoms with E-state index in [4.69, 9.17) is 13.9 Å². The number of carbonyl (C=O) groups excluding carboxylic acids is 2. The van der Waals surface area contributed by atoms with Crippen molar-refractivity contribution in [1.82, 2.24) is 5.32 Å². The van der Waals surface area contributed by atoms with Crippen LogP contribution in [0.25, 0.3) is 11.0 Å². The van der Waals surface area contributed by atoms with Crippen LogP contribution in [0.4, 0.5) is 4.79 Å². The lowest BCUT2D eigenvalue weighted by Crippen LogP contribution is -2.33. The molecule has 0 saturated heterocycles. The fraction of sp³-hybridized carbons (Fsp3) is 0.303. The highest BCUT2D eigenvalue weighted by atomic mass is 16.5. The van der Waals surface area contributed by atoms with Gasteiger partial charge in [0.15, 0.2) is 0 Å². The number of esters is 1. The molecule has 1 N–H and O–H groups in total. The standard InChI is InChI=1S/C33H33NO6/c1-22-28-17-16-27(19-30(28)40-32(36)29(22)18-23-8-4-2-5-9-23)39-31(35)26-14-12-24(13-15-26)20-34-33(37)38-21-25-10-6-3-7-11-25/h2-11,16-17,19,24,26H,12-15,18,20-21H2,1H3,(H,34,37). The minimum Gasteiger partial charge on any atom is -0.445 e. The molecule has 4 aromatic rings. The van der Waals surface area contributed by atoms with Crippen LogP contribution >= 0.6 is 0 Å². The summed E-state index contributed by atoms with van der Waals surface area (Å²) in [5.41, 5.74) is 3.49. The lowest BCUT2D eigenvalue weighted by Gasteiger charge is -2.27. The van der Waals surface area contributed by atoms with Gasteiger partial charge in [-0.05, 0) is 67.3 Å². The van der Waals surface area contributed by atoms with E-state index in [0.717, 1.165) is 34.9 Å². The number of rotatable bonds is 8. The molecule has 1 aromatic heterocycles. The van der Waals surface area contributed by atoms with Crippen molar-refractivity contribution in [3.8, 4) is 5.75 Å². The topological polar surface area (TPSA) is 94.8 Å². The molecule has 1 fully saturated rings. The molecule has 0 radical (unpaired) electrons. The molecule has 1 aliphatic carbocycles. The number of ether oxygens (including phenoxy) is 2. The molecule has 0 bridgehead atoms. The highest BCUT2D eigenvalue weighted by Crippen LogP contribution is 2.31. The molecule has 40 heavy (non-hydrogen) atoms. The Bertz CT molecular complexity index is 1520. The zero-order valence-electron chi connectivity index (χ0n) is 22.6. The van der Waals surface area contributed by atoms with Gasteiger partial charge in [0.05, 0.1) is 5.92 Å².